The van der Waals surface area contributed by atoms with Gasteiger partial charge in [-0.1, -0.05) is 464 Å². The summed E-state index contributed by atoms with van der Waals surface area (Å²) in [4.78, 5) is 14.2. The summed E-state index contributed by atoms with van der Waals surface area (Å²) in [6, 6.07) is 71.8. The van der Waals surface area contributed by atoms with Gasteiger partial charge in [-0.15, -0.1) is 0 Å². The third kappa shape index (κ3) is 79.1. The highest BCUT2D eigenvalue weighted by molar-refractivity contribution is 6.84. The second-order valence-electron chi connectivity index (χ2n) is 48.2. The molecule has 0 unspecified atom stereocenters. The molecule has 2 heterocycles. The van der Waals surface area contributed by atoms with Crippen molar-refractivity contribution in [1.82, 2.24) is 19.9 Å². The van der Waals surface area contributed by atoms with E-state index < -0.39 is 34.4 Å². The SMILES string of the molecule is CC(C)(C(F)(F)F)C(F)(F)F.CC(C)(C)C.CC(C)(C)C.CC(C)(C)c1ccc(C(C)(C)C)cc1.CC(C)(C)c1ccc(C(C)(C)C)cc1.CC(C)C.CC(C)C.CC(C)C.CCC.CCC.CCC.CCC[Si](C)(C)O[Si](C)(C)CCC.Cc1ccc(Oc2ccc(C(C)(C)c3ccc(Oc4ccc(C)cc4)cc3)cc2)cc1.Cc1ccc2c(c1)CN(C)CO2.Cc1nc(C)nc(C)n1.c1ccccc1. The Labute approximate surface area is 867 Å². The number of fused-ring (bicyclic) bond motifs is 1. The molecule has 8 aromatic carbocycles. The predicted octanol–water partition coefficient (Wildman–Crippen LogP) is 41.7. The number of ether oxygens (including phenoxy) is 3. The first-order chi connectivity index (χ1) is 64.0. The van der Waals surface area contributed by atoms with Crippen LogP contribution in [0.5, 0.6) is 28.7 Å². The molecule has 1 aromatic heterocycles. The van der Waals surface area contributed by atoms with Gasteiger partial charge in [0.2, 0.25) is 0 Å². The first kappa shape index (κ1) is 144. The molecule has 804 valence electrons. The number of benzene rings is 8. The van der Waals surface area contributed by atoms with E-state index in [9.17, 15) is 26.3 Å². The van der Waals surface area contributed by atoms with Crippen LogP contribution < -0.4 is 14.2 Å². The Morgan fingerprint density at radius 1 is 0.326 bits per heavy atom. The molecule has 0 amide bonds. The summed E-state index contributed by atoms with van der Waals surface area (Å²) < 4.78 is 93.5. The number of alkyl halides is 6. The minimum atomic E-state index is -5.24. The molecule has 141 heavy (non-hydrogen) atoms. The zero-order valence-corrected chi connectivity index (χ0v) is 102. The Balaban J connectivity index is -0.000000365. The van der Waals surface area contributed by atoms with Crippen molar-refractivity contribution in [3.8, 4) is 28.7 Å². The molecule has 0 bridgehead atoms. The van der Waals surface area contributed by atoms with Crippen LogP contribution in [-0.2, 0) is 37.7 Å². The van der Waals surface area contributed by atoms with E-state index in [1.807, 2.05) is 106 Å². The number of hydrogen-bond donors (Lipinski definition) is 0. The van der Waals surface area contributed by atoms with Crippen molar-refractivity contribution in [2.45, 2.75) is 442 Å². The summed E-state index contributed by atoms with van der Waals surface area (Å²) in [6.45, 7) is 109. The monoisotopic (exact) mass is 2000 g/mol. The van der Waals surface area contributed by atoms with Gasteiger partial charge < -0.3 is 18.3 Å². The van der Waals surface area contributed by atoms with Crippen molar-refractivity contribution in [2.24, 2.45) is 34.0 Å². The van der Waals surface area contributed by atoms with Gasteiger partial charge in [0.15, 0.2) is 22.0 Å². The molecular weight excluding hydrogens is 1790 g/mol. The molecule has 0 radical (unpaired) electrons. The van der Waals surface area contributed by atoms with Crippen molar-refractivity contribution >= 4 is 16.6 Å². The summed E-state index contributed by atoms with van der Waals surface area (Å²) in [5.74, 6) is 9.29. The number of rotatable bonds is 12. The molecule has 0 atom stereocenters. The van der Waals surface area contributed by atoms with Gasteiger partial charge in [0.05, 0.1) is 0 Å². The molecule has 8 nitrogen and oxygen atoms in total. The minimum Gasteiger partial charge on any atom is -0.478 e. The van der Waals surface area contributed by atoms with Crippen LogP contribution in [0.1, 0.15) is 389 Å². The van der Waals surface area contributed by atoms with Gasteiger partial charge in [-0.3, -0.25) is 4.90 Å². The molecule has 0 N–H and O–H groups in total. The Kier molecular flexibility index (Phi) is 72.2. The fourth-order valence-corrected chi connectivity index (χ4v) is 20.5. The molecule has 0 saturated heterocycles. The topological polar surface area (TPSA) is 78.8 Å². The Morgan fingerprint density at radius 3 is 0.716 bits per heavy atom. The summed E-state index contributed by atoms with van der Waals surface area (Å²) in [5, 5.41) is 0. The Bertz CT molecular complexity index is 4150. The number of halogens is 6. The fraction of sp³-hybridized carbons (Fsp3) is 0.592. The van der Waals surface area contributed by atoms with E-state index in [0.717, 1.165) is 70.5 Å². The standard InChI is InChI=1S/C29H28O2.2C14H22.C10H13NO.C10H26OSi2.C6H9N3.C6H6.C5H6F6.2C5H12.3C4H10.3C3H8/c1-21-5-13-25(14-6-21)30-27-17-9-23(10-18-27)29(3,4)24-11-19-28(20-12-24)31-26-15-7-22(2)8-16-26;2*1-13(2,3)11-7-9-12(10-8-11)14(4,5)6;1-8-3-4-10-9(5-8)6-11(2)7-12-10;1-7-9-12(3,4)11-13(5,6)10-8-2;1-4-7-5(2)9-6(3)8-4;1-2-4-6-5-3-1;1-3(2,4(6,7)8)5(9,10)11;2*1-5(2,3)4;3*1-4(2)3;3*1-3-2/h5-20H,1-4H3;2*7-10H,1-6H3;3-5H,6-7H2,1-2H3;7-10H2,1-6H3;1-3H3;1-6H;1-2H3;2*1-4H3;3*4H,1-3H3;3*3H2,1-2H3. The van der Waals surface area contributed by atoms with E-state index in [1.165, 1.54) is 99.8 Å². The van der Waals surface area contributed by atoms with Crippen LogP contribution in [0.3, 0.4) is 0 Å². The number of hydrogen-bond acceptors (Lipinski definition) is 8. The van der Waals surface area contributed by atoms with Gasteiger partial charge in [0.25, 0.3) is 0 Å². The van der Waals surface area contributed by atoms with Crippen molar-refractivity contribution < 1.29 is 44.7 Å². The highest BCUT2D eigenvalue weighted by Gasteiger charge is 2.64. The summed E-state index contributed by atoms with van der Waals surface area (Å²) in [7, 11) is -0.568. The van der Waals surface area contributed by atoms with Crippen LogP contribution in [-0.4, -0.2) is 62.6 Å². The maximum atomic E-state index is 11.6. The number of aryl methyl sites for hydroxylation is 6. The molecular formula is C125H210F6N4O4Si2. The average Bonchev–Trinajstić information content (AvgIpc) is 0.787. The number of aromatic nitrogens is 3. The minimum absolute atomic E-state index is 0.104. The van der Waals surface area contributed by atoms with Crippen LogP contribution in [0.15, 0.2) is 200 Å². The molecule has 1 aliphatic heterocycles. The van der Waals surface area contributed by atoms with E-state index >= 15 is 0 Å². The first-order valence-electron chi connectivity index (χ1n) is 51.9. The molecule has 1 aliphatic rings. The van der Waals surface area contributed by atoms with Crippen molar-refractivity contribution in [2.75, 3.05) is 13.8 Å². The normalized spacial score (nSPS) is 11.9. The third-order valence-corrected chi connectivity index (χ3v) is 26.1. The maximum absolute atomic E-state index is 11.6. The van der Waals surface area contributed by atoms with Gasteiger partial charge in [0.1, 0.15) is 53.0 Å². The lowest BCUT2D eigenvalue weighted by Crippen LogP contribution is -2.44. The lowest BCUT2D eigenvalue weighted by molar-refractivity contribution is -0.327. The number of nitrogens with zero attached hydrogens (tertiary/aromatic N) is 4. The molecule has 16 heteroatoms. The average molecular weight is 2000 g/mol. The van der Waals surface area contributed by atoms with Gasteiger partial charge in [0, 0.05) is 17.5 Å². The van der Waals surface area contributed by atoms with Gasteiger partial charge in [-0.2, -0.15) is 26.3 Å². The second kappa shape index (κ2) is 70.8. The summed E-state index contributed by atoms with van der Waals surface area (Å²) in [6.07, 6.45) is -4.19. The van der Waals surface area contributed by atoms with E-state index in [-0.39, 0.29) is 40.9 Å². The molecule has 0 aliphatic carbocycles. The van der Waals surface area contributed by atoms with Gasteiger partial charge in [-0.25, -0.2) is 15.0 Å². The smallest absolute Gasteiger partial charge is 0.402 e. The van der Waals surface area contributed by atoms with E-state index in [0.29, 0.717) is 17.6 Å². The Morgan fingerprint density at radius 2 is 0.525 bits per heavy atom. The summed E-state index contributed by atoms with van der Waals surface area (Å²) >= 11 is 0. The van der Waals surface area contributed by atoms with E-state index in [1.54, 1.807) is 0 Å². The van der Waals surface area contributed by atoms with Crippen LogP contribution in [0.25, 0.3) is 0 Å². The zero-order chi connectivity index (χ0) is 111. The zero-order valence-electron chi connectivity index (χ0n) is 99.8. The molecule has 0 fully saturated rings. The van der Waals surface area contributed by atoms with Crippen LogP contribution in [0, 0.1) is 75.5 Å². The Hall–Kier alpha value is -7.90. The third-order valence-electron chi connectivity index (χ3n) is 18.3. The van der Waals surface area contributed by atoms with Gasteiger partial charge in [-0.05, 0) is 239 Å². The van der Waals surface area contributed by atoms with Crippen molar-refractivity contribution in [3.63, 3.8) is 0 Å². The maximum Gasteiger partial charge on any atom is 0.402 e. The lowest BCUT2D eigenvalue weighted by atomic mass is 9.78. The van der Waals surface area contributed by atoms with Crippen LogP contribution >= 0.6 is 0 Å². The first-order valence-corrected chi connectivity index (χ1v) is 58.1. The second-order valence-corrected chi connectivity index (χ2v) is 57.1. The molecule has 0 spiro atoms. The highest BCUT2D eigenvalue weighted by atomic mass is 28.4. The predicted molar refractivity (Wildman–Crippen MR) is 616 cm³/mol. The molecule has 0 saturated carbocycles. The van der Waals surface area contributed by atoms with Crippen molar-refractivity contribution in [3.05, 3.63) is 273 Å². The van der Waals surface area contributed by atoms with Crippen LogP contribution in [0.2, 0.25) is 38.3 Å². The molecule has 9 aromatic rings. The largest absolute Gasteiger partial charge is 0.478 e. The molecule has 10 rings (SSSR count). The highest BCUT2D eigenvalue weighted by Crippen LogP contribution is 2.49. The quantitative estimate of drug-likeness (QED) is 0.0884. The van der Waals surface area contributed by atoms with E-state index in [2.05, 4.69) is 459 Å². The lowest BCUT2D eigenvalue weighted by Gasteiger charge is -2.33. The summed E-state index contributed by atoms with van der Waals surface area (Å²) in [5.41, 5.74) is 11.4. The fourth-order valence-electron chi connectivity index (χ4n) is 11.3. The van der Waals surface area contributed by atoms with Crippen LogP contribution in [0.4, 0.5) is 26.3 Å². The van der Waals surface area contributed by atoms with Gasteiger partial charge >= 0.3 is 12.4 Å². The van der Waals surface area contributed by atoms with E-state index in [4.69, 9.17) is 18.3 Å². The van der Waals surface area contributed by atoms with Crippen molar-refractivity contribution in [1.29, 1.82) is 0 Å².